The van der Waals surface area contributed by atoms with E-state index >= 15 is 0 Å². The summed E-state index contributed by atoms with van der Waals surface area (Å²) in [6.07, 6.45) is 2.76. The molecule has 5 rings (SSSR count). The molecule has 0 spiro atoms. The summed E-state index contributed by atoms with van der Waals surface area (Å²) in [5, 5.41) is 19.7. The number of methoxy groups -OCH3 is 2. The number of rotatable bonds is 13. The minimum Gasteiger partial charge on any atom is -0.496 e. The van der Waals surface area contributed by atoms with Gasteiger partial charge in [-0.1, -0.05) is 24.3 Å². The number of para-hydroxylation sites is 2. The van der Waals surface area contributed by atoms with Gasteiger partial charge in [0, 0.05) is 6.07 Å². The third-order valence-corrected chi connectivity index (χ3v) is 7.29. The Labute approximate surface area is 301 Å². The van der Waals surface area contributed by atoms with Gasteiger partial charge in [-0.05, 0) is 96.1 Å². The van der Waals surface area contributed by atoms with E-state index in [1.54, 1.807) is 72.8 Å². The van der Waals surface area contributed by atoms with Crippen molar-refractivity contribution < 1.29 is 43.0 Å². The van der Waals surface area contributed by atoms with Crippen LogP contribution in [0.25, 0.3) is 0 Å². The third-order valence-electron chi connectivity index (χ3n) is 7.29. The van der Waals surface area contributed by atoms with E-state index < -0.39 is 39.9 Å². The topological polar surface area (TPSA) is 197 Å². The van der Waals surface area contributed by atoms with Gasteiger partial charge >= 0.3 is 11.9 Å². The van der Waals surface area contributed by atoms with Crippen molar-refractivity contribution >= 4 is 41.9 Å². The average Bonchev–Trinajstić information content (AvgIpc) is 3.18. The molecule has 0 saturated carbocycles. The lowest BCUT2D eigenvalue weighted by molar-refractivity contribution is -0.385. The van der Waals surface area contributed by atoms with E-state index in [2.05, 4.69) is 21.1 Å². The van der Waals surface area contributed by atoms with Gasteiger partial charge in [-0.3, -0.25) is 19.7 Å². The van der Waals surface area contributed by atoms with Crippen LogP contribution in [0, 0.1) is 10.1 Å². The first kappa shape index (κ1) is 36.6. The molecule has 0 unspecified atom stereocenters. The number of ether oxygens (including phenoxy) is 4. The number of hydrogen-bond donors (Lipinski definition) is 2. The van der Waals surface area contributed by atoms with E-state index in [1.807, 2.05) is 0 Å². The largest absolute Gasteiger partial charge is 0.496 e. The van der Waals surface area contributed by atoms with Gasteiger partial charge in [-0.25, -0.2) is 20.4 Å². The summed E-state index contributed by atoms with van der Waals surface area (Å²) in [5.74, 6) is -1.89. The average molecular weight is 716 g/mol. The fourth-order valence-electron chi connectivity index (χ4n) is 4.67. The second kappa shape index (κ2) is 17.3. The van der Waals surface area contributed by atoms with Crippen molar-refractivity contribution in [3.63, 3.8) is 0 Å². The van der Waals surface area contributed by atoms with E-state index in [-0.39, 0.29) is 17.1 Å². The maximum absolute atomic E-state index is 12.9. The van der Waals surface area contributed by atoms with Crippen molar-refractivity contribution in [3.8, 4) is 23.0 Å². The first-order valence-electron chi connectivity index (χ1n) is 15.5. The SMILES string of the molecule is COc1ccccc1C(=O)N/N=C/c1ccc(OC(=O)c2ccc(C(=O)Oc3ccc(/C=N/NC(=O)c4ccccc4OC)cc3)c([N+](=O)[O-])c2)cc1. The smallest absolute Gasteiger partial charge is 0.350 e. The van der Waals surface area contributed by atoms with Crippen LogP contribution in [0.3, 0.4) is 0 Å². The van der Waals surface area contributed by atoms with E-state index in [9.17, 15) is 29.3 Å². The minimum absolute atomic E-state index is 0.0790. The highest BCUT2D eigenvalue weighted by Gasteiger charge is 2.25. The van der Waals surface area contributed by atoms with E-state index in [0.717, 1.165) is 12.1 Å². The van der Waals surface area contributed by atoms with Gasteiger partial charge in [0.05, 0.1) is 48.3 Å². The molecule has 2 amide bonds. The summed E-state index contributed by atoms with van der Waals surface area (Å²) in [4.78, 5) is 61.6. The van der Waals surface area contributed by atoms with E-state index in [1.165, 1.54) is 57.0 Å². The van der Waals surface area contributed by atoms with Crippen molar-refractivity contribution in [1.82, 2.24) is 10.9 Å². The molecule has 15 heteroatoms. The van der Waals surface area contributed by atoms with Crippen LogP contribution in [-0.4, -0.2) is 55.3 Å². The van der Waals surface area contributed by atoms with Gasteiger partial charge in [0.1, 0.15) is 28.6 Å². The molecule has 0 aliphatic carbocycles. The molecule has 0 heterocycles. The second-order valence-corrected chi connectivity index (χ2v) is 10.7. The van der Waals surface area contributed by atoms with Crippen LogP contribution in [0.2, 0.25) is 0 Å². The fraction of sp³-hybridized carbons (Fsp3) is 0.0526. The number of benzene rings is 5. The Bertz CT molecular complexity index is 2220. The van der Waals surface area contributed by atoms with Crippen molar-refractivity contribution in [2.45, 2.75) is 0 Å². The predicted molar refractivity (Wildman–Crippen MR) is 192 cm³/mol. The number of hydrazone groups is 2. The first-order valence-corrected chi connectivity index (χ1v) is 15.5. The molecule has 0 saturated heterocycles. The fourth-order valence-corrected chi connectivity index (χ4v) is 4.67. The van der Waals surface area contributed by atoms with Crippen molar-refractivity contribution in [1.29, 1.82) is 0 Å². The van der Waals surface area contributed by atoms with Crippen LogP contribution in [0.1, 0.15) is 52.6 Å². The number of nitro groups is 1. The summed E-state index contributed by atoms with van der Waals surface area (Å²) in [7, 11) is 2.90. The summed E-state index contributed by atoms with van der Waals surface area (Å²) in [6, 6.07) is 28.6. The number of carbonyl (C=O) groups excluding carboxylic acids is 4. The predicted octanol–water partition coefficient (Wildman–Crippen LogP) is 5.58. The molecule has 0 aliphatic heterocycles. The van der Waals surface area contributed by atoms with Crippen LogP contribution < -0.4 is 29.8 Å². The molecule has 15 nitrogen and oxygen atoms in total. The molecular weight excluding hydrogens is 686 g/mol. The lowest BCUT2D eigenvalue weighted by atomic mass is 10.1. The molecule has 2 N–H and O–H groups in total. The highest BCUT2D eigenvalue weighted by atomic mass is 16.6. The zero-order valence-corrected chi connectivity index (χ0v) is 28.0. The molecule has 0 fully saturated rings. The number of nitrogens with zero attached hydrogens (tertiary/aromatic N) is 3. The van der Waals surface area contributed by atoms with Gasteiger partial charge < -0.3 is 18.9 Å². The highest BCUT2D eigenvalue weighted by molar-refractivity contribution is 6.00. The van der Waals surface area contributed by atoms with Crippen LogP contribution in [-0.2, 0) is 0 Å². The van der Waals surface area contributed by atoms with Crippen LogP contribution in [0.5, 0.6) is 23.0 Å². The second-order valence-electron chi connectivity index (χ2n) is 10.7. The molecule has 0 aromatic heterocycles. The third kappa shape index (κ3) is 9.52. The van der Waals surface area contributed by atoms with E-state index in [0.29, 0.717) is 33.8 Å². The maximum atomic E-state index is 12.9. The Morgan fingerprint density at radius 2 is 1.06 bits per heavy atom. The Kier molecular flexibility index (Phi) is 12.0. The Morgan fingerprint density at radius 1 is 0.604 bits per heavy atom. The van der Waals surface area contributed by atoms with E-state index in [4.69, 9.17) is 18.9 Å². The first-order chi connectivity index (χ1) is 25.7. The lowest BCUT2D eigenvalue weighted by Crippen LogP contribution is -2.18. The normalized spacial score (nSPS) is 10.8. The van der Waals surface area contributed by atoms with Crippen LogP contribution in [0.4, 0.5) is 5.69 Å². The Hall–Kier alpha value is -7.68. The Balaban J connectivity index is 1.16. The van der Waals surface area contributed by atoms with Gasteiger partial charge in [-0.15, -0.1) is 0 Å². The van der Waals surface area contributed by atoms with Gasteiger partial charge in [0.15, 0.2) is 0 Å². The molecule has 266 valence electrons. The van der Waals surface area contributed by atoms with Crippen molar-refractivity contribution in [2.75, 3.05) is 14.2 Å². The number of nitro benzene ring substituents is 1. The monoisotopic (exact) mass is 715 g/mol. The number of carbonyl (C=O) groups is 4. The highest BCUT2D eigenvalue weighted by Crippen LogP contribution is 2.25. The molecule has 5 aromatic carbocycles. The zero-order chi connectivity index (χ0) is 37.7. The summed E-state index contributed by atoms with van der Waals surface area (Å²) < 4.78 is 21.0. The van der Waals surface area contributed by atoms with Crippen molar-refractivity contribution in [2.24, 2.45) is 10.2 Å². The Morgan fingerprint density at radius 3 is 1.51 bits per heavy atom. The molecule has 53 heavy (non-hydrogen) atoms. The van der Waals surface area contributed by atoms with Gasteiger partial charge in [0.2, 0.25) is 0 Å². The standard InChI is InChI=1S/C38H29N5O10/c1-50-33-9-5-3-7-30(33)35(44)41-39-22-24-11-16-27(17-12-24)52-37(46)26-15-20-29(32(21-26)43(48)49)38(47)53-28-18-13-25(14-19-28)23-40-42-36(45)31-8-4-6-10-34(31)51-2/h3-23H,1-2H3,(H,41,44)(H,42,45)/b39-22+,40-23+. The number of esters is 2. The number of amides is 2. The molecular formula is C38H29N5O10. The van der Waals surface area contributed by atoms with Gasteiger partial charge in [0.25, 0.3) is 17.5 Å². The molecule has 0 aliphatic rings. The number of nitrogens with one attached hydrogen (secondary N) is 2. The summed E-state index contributed by atoms with van der Waals surface area (Å²) in [5.41, 5.74) is 5.30. The molecule has 0 radical (unpaired) electrons. The van der Waals surface area contributed by atoms with Crippen LogP contribution >= 0.6 is 0 Å². The quantitative estimate of drug-likeness (QED) is 0.0510. The number of hydrogen-bond acceptors (Lipinski definition) is 12. The van der Waals surface area contributed by atoms with Gasteiger partial charge in [-0.2, -0.15) is 10.2 Å². The molecule has 0 bridgehead atoms. The minimum atomic E-state index is -1.03. The summed E-state index contributed by atoms with van der Waals surface area (Å²) in [6.45, 7) is 0. The zero-order valence-electron chi connectivity index (χ0n) is 28.0. The lowest BCUT2D eigenvalue weighted by Gasteiger charge is -2.08. The van der Waals surface area contributed by atoms with Crippen LogP contribution in [0.15, 0.2) is 125 Å². The molecule has 0 atom stereocenters. The molecule has 5 aromatic rings. The maximum Gasteiger partial charge on any atom is 0.350 e. The van der Waals surface area contributed by atoms with Crippen molar-refractivity contribution in [3.05, 3.63) is 159 Å². The summed E-state index contributed by atoms with van der Waals surface area (Å²) >= 11 is 0.